The lowest BCUT2D eigenvalue weighted by molar-refractivity contribution is -0.141. The van der Waals surface area contributed by atoms with E-state index in [-0.39, 0.29) is 12.0 Å². The average Bonchev–Trinajstić information content (AvgIpc) is 2.73. The Kier molecular flexibility index (Phi) is 6.96. The number of benzene rings is 2. The van der Waals surface area contributed by atoms with Gasteiger partial charge in [-0.05, 0) is 55.0 Å². The molecule has 1 aliphatic rings. The molecule has 3 rings (SSSR count). The van der Waals surface area contributed by atoms with Crippen molar-refractivity contribution >= 4 is 17.7 Å². The van der Waals surface area contributed by atoms with Crippen molar-refractivity contribution in [2.45, 2.75) is 36.9 Å². The highest BCUT2D eigenvalue weighted by Gasteiger charge is 2.30. The van der Waals surface area contributed by atoms with Gasteiger partial charge >= 0.3 is 0 Å². The van der Waals surface area contributed by atoms with Crippen LogP contribution in [0.2, 0.25) is 0 Å². The lowest BCUT2D eigenvalue weighted by atomic mass is 10.0. The molecule has 1 aliphatic heterocycles. The number of rotatable bonds is 6. The molecule has 6 heteroatoms. The predicted octanol–water partition coefficient (Wildman–Crippen LogP) is 3.77. The molecule has 1 saturated heterocycles. The Morgan fingerprint density at radius 3 is 2.43 bits per heavy atom. The average molecular weight is 397 g/mol. The molecule has 0 spiro atoms. The van der Waals surface area contributed by atoms with Crippen LogP contribution in [-0.4, -0.2) is 40.9 Å². The van der Waals surface area contributed by atoms with Crippen molar-refractivity contribution in [1.29, 1.82) is 5.26 Å². The van der Waals surface area contributed by atoms with Gasteiger partial charge in [0.05, 0.1) is 17.7 Å². The largest absolute Gasteiger partial charge is 0.476 e. The minimum absolute atomic E-state index is 0.104. The van der Waals surface area contributed by atoms with Gasteiger partial charge in [0.25, 0.3) is 5.91 Å². The van der Waals surface area contributed by atoms with Gasteiger partial charge in [0.15, 0.2) is 0 Å². The summed E-state index contributed by atoms with van der Waals surface area (Å²) in [7, 11) is 0. The van der Waals surface area contributed by atoms with Crippen LogP contribution in [0, 0.1) is 11.3 Å². The molecule has 146 valence electrons. The monoisotopic (exact) mass is 396 g/mol. The van der Waals surface area contributed by atoms with E-state index in [9.17, 15) is 9.90 Å². The molecule has 0 radical (unpaired) electrons. The highest BCUT2D eigenvalue weighted by molar-refractivity contribution is 7.99. The third kappa shape index (κ3) is 5.06. The first-order valence-electron chi connectivity index (χ1n) is 9.47. The molecule has 1 heterocycles. The zero-order valence-electron chi connectivity index (χ0n) is 15.9. The number of hydrogen-bond donors (Lipinski definition) is 1. The fraction of sp³-hybridized carbons (Fsp3) is 0.364. The molecule has 1 fully saturated rings. The number of nitriles is 1. The normalized spacial score (nSPS) is 15.7. The summed E-state index contributed by atoms with van der Waals surface area (Å²) >= 11 is 1.75. The second kappa shape index (κ2) is 9.63. The maximum atomic E-state index is 13.2. The van der Waals surface area contributed by atoms with Crippen LogP contribution in [-0.2, 0) is 4.79 Å². The van der Waals surface area contributed by atoms with Gasteiger partial charge in [-0.1, -0.05) is 19.1 Å². The smallest absolute Gasteiger partial charge is 0.268 e. The molecule has 5 nitrogen and oxygen atoms in total. The summed E-state index contributed by atoms with van der Waals surface area (Å²) in [6, 6.07) is 16.7. The van der Waals surface area contributed by atoms with E-state index >= 15 is 0 Å². The lowest BCUT2D eigenvalue weighted by Gasteiger charge is -2.32. The predicted molar refractivity (Wildman–Crippen MR) is 109 cm³/mol. The van der Waals surface area contributed by atoms with Crippen molar-refractivity contribution in [2.24, 2.45) is 0 Å². The molecule has 1 unspecified atom stereocenters. The van der Waals surface area contributed by atoms with Gasteiger partial charge < -0.3 is 14.7 Å². The fourth-order valence-electron chi connectivity index (χ4n) is 3.16. The first-order chi connectivity index (χ1) is 13.6. The molecule has 0 bridgehead atoms. The Hall–Kier alpha value is -2.49. The van der Waals surface area contributed by atoms with E-state index in [1.165, 1.54) is 0 Å². The van der Waals surface area contributed by atoms with Crippen molar-refractivity contribution in [3.63, 3.8) is 0 Å². The van der Waals surface area contributed by atoms with Crippen molar-refractivity contribution in [2.75, 3.05) is 18.8 Å². The number of carbonyl (C=O) groups is 1. The summed E-state index contributed by atoms with van der Waals surface area (Å²) < 4.78 is 6.07. The van der Waals surface area contributed by atoms with Crippen molar-refractivity contribution < 1.29 is 14.6 Å². The topological polar surface area (TPSA) is 73.6 Å². The fourth-order valence-corrected chi connectivity index (χ4v) is 3.82. The van der Waals surface area contributed by atoms with Crippen LogP contribution in [0.4, 0.5) is 0 Å². The van der Waals surface area contributed by atoms with Crippen LogP contribution in [0.5, 0.6) is 5.75 Å². The molecule has 1 N–H and O–H groups in total. The zero-order valence-corrected chi connectivity index (χ0v) is 16.7. The van der Waals surface area contributed by atoms with Gasteiger partial charge in [0.1, 0.15) is 5.75 Å². The molecule has 1 amide bonds. The third-order valence-corrected chi connectivity index (χ3v) is 5.63. The van der Waals surface area contributed by atoms with Gasteiger partial charge in [0.2, 0.25) is 6.10 Å². The van der Waals surface area contributed by atoms with Gasteiger partial charge in [-0.3, -0.25) is 4.79 Å². The Morgan fingerprint density at radius 2 is 1.86 bits per heavy atom. The van der Waals surface area contributed by atoms with E-state index < -0.39 is 6.10 Å². The maximum absolute atomic E-state index is 13.2. The van der Waals surface area contributed by atoms with E-state index in [4.69, 9.17) is 10.00 Å². The Balaban J connectivity index is 1.84. The highest BCUT2D eigenvalue weighted by atomic mass is 32.2. The van der Waals surface area contributed by atoms with Crippen LogP contribution >= 0.6 is 11.8 Å². The molecule has 0 saturated carbocycles. The molecule has 1 atom stereocenters. The van der Waals surface area contributed by atoms with Crippen LogP contribution in [0.1, 0.15) is 37.0 Å². The Labute approximate surface area is 169 Å². The first-order valence-corrected chi connectivity index (χ1v) is 10.5. The number of carbonyl (C=O) groups excluding carboxylic acids is 1. The number of aliphatic hydroxyl groups excluding tert-OH is 1. The Bertz CT molecular complexity index is 822. The molecular formula is C22H24N2O3S. The standard InChI is InChI=1S/C22H24N2O3S/c1-2-28-20-9-5-17(6-10-20)21(22(26)24-13-11-18(25)12-14-24)27-19-7-3-16(15-23)4-8-19/h3-10,18,21,25H,2,11-14H2,1H3. The summed E-state index contributed by atoms with van der Waals surface area (Å²) in [5.74, 6) is 1.42. The summed E-state index contributed by atoms with van der Waals surface area (Å²) in [6.07, 6.45) is 0.0687. The molecule has 2 aromatic rings. The highest BCUT2D eigenvalue weighted by Crippen LogP contribution is 2.28. The second-order valence-electron chi connectivity index (χ2n) is 6.69. The summed E-state index contributed by atoms with van der Waals surface area (Å²) in [5, 5.41) is 18.7. The molecule has 2 aromatic carbocycles. The number of piperidine rings is 1. The lowest BCUT2D eigenvalue weighted by Crippen LogP contribution is -2.43. The number of hydrogen-bond acceptors (Lipinski definition) is 5. The maximum Gasteiger partial charge on any atom is 0.268 e. The van der Waals surface area contributed by atoms with Gasteiger partial charge in [-0.2, -0.15) is 5.26 Å². The third-order valence-electron chi connectivity index (χ3n) is 4.73. The van der Waals surface area contributed by atoms with Crippen molar-refractivity contribution in [3.8, 4) is 11.8 Å². The quantitative estimate of drug-likeness (QED) is 0.753. The molecule has 0 aromatic heterocycles. The van der Waals surface area contributed by atoms with Gasteiger partial charge in [-0.15, -0.1) is 11.8 Å². The zero-order chi connectivity index (χ0) is 19.9. The molecule has 0 aliphatic carbocycles. The molecular weight excluding hydrogens is 372 g/mol. The number of ether oxygens (including phenoxy) is 1. The first kappa shape index (κ1) is 20.2. The van der Waals surface area contributed by atoms with Crippen LogP contribution in [0.3, 0.4) is 0 Å². The van der Waals surface area contributed by atoms with Crippen molar-refractivity contribution in [3.05, 3.63) is 59.7 Å². The van der Waals surface area contributed by atoms with Gasteiger partial charge in [0, 0.05) is 23.5 Å². The SMILES string of the molecule is CCSc1ccc(C(Oc2ccc(C#N)cc2)C(=O)N2CCC(O)CC2)cc1. The van der Waals surface area contributed by atoms with Crippen LogP contribution in [0.15, 0.2) is 53.4 Å². The van der Waals surface area contributed by atoms with E-state index in [0.717, 1.165) is 16.2 Å². The summed E-state index contributed by atoms with van der Waals surface area (Å²) in [4.78, 5) is 16.1. The minimum atomic E-state index is -0.760. The summed E-state index contributed by atoms with van der Waals surface area (Å²) in [6.45, 7) is 3.15. The number of amides is 1. The second-order valence-corrected chi connectivity index (χ2v) is 8.03. The molecule has 28 heavy (non-hydrogen) atoms. The number of likely N-dealkylation sites (tertiary alicyclic amines) is 1. The van der Waals surface area contributed by atoms with E-state index in [2.05, 4.69) is 13.0 Å². The van der Waals surface area contributed by atoms with Crippen LogP contribution < -0.4 is 4.74 Å². The van der Waals surface area contributed by atoms with E-state index in [1.807, 2.05) is 24.3 Å². The van der Waals surface area contributed by atoms with Gasteiger partial charge in [-0.25, -0.2) is 0 Å². The Morgan fingerprint density at radius 1 is 1.21 bits per heavy atom. The van der Waals surface area contributed by atoms with E-state index in [1.54, 1.807) is 40.9 Å². The number of thioether (sulfide) groups is 1. The number of nitrogens with zero attached hydrogens (tertiary/aromatic N) is 2. The minimum Gasteiger partial charge on any atom is -0.476 e. The van der Waals surface area contributed by atoms with Crippen molar-refractivity contribution in [1.82, 2.24) is 4.90 Å². The summed E-state index contributed by atoms with van der Waals surface area (Å²) in [5.41, 5.74) is 1.34. The van der Waals surface area contributed by atoms with E-state index in [0.29, 0.717) is 37.2 Å². The number of aliphatic hydroxyl groups is 1. The van der Waals surface area contributed by atoms with Crippen LogP contribution in [0.25, 0.3) is 0 Å².